The predicted molar refractivity (Wildman–Crippen MR) is 79.8 cm³/mol. The van der Waals surface area contributed by atoms with Gasteiger partial charge in [-0.2, -0.15) is 0 Å². The summed E-state index contributed by atoms with van der Waals surface area (Å²) >= 11 is 0. The zero-order valence-corrected chi connectivity index (χ0v) is 11.9. The van der Waals surface area contributed by atoms with Crippen LogP contribution in [0.4, 0.5) is 5.82 Å². The molecule has 5 heteroatoms. The maximum absolute atomic E-state index is 4.69. The van der Waals surface area contributed by atoms with E-state index in [1.807, 2.05) is 39.2 Å². The van der Waals surface area contributed by atoms with Crippen LogP contribution >= 0.6 is 0 Å². The van der Waals surface area contributed by atoms with E-state index in [-0.39, 0.29) is 0 Å². The van der Waals surface area contributed by atoms with Crippen LogP contribution in [0, 0.1) is 6.92 Å². The lowest BCUT2D eigenvalue weighted by molar-refractivity contribution is 0.824. The summed E-state index contributed by atoms with van der Waals surface area (Å²) in [6.07, 6.45) is 2.30. The lowest BCUT2D eigenvalue weighted by Crippen LogP contribution is -2.06. The van der Waals surface area contributed by atoms with Crippen LogP contribution < -0.4 is 5.32 Å². The number of aryl methyl sites for hydroxylation is 1. The summed E-state index contributed by atoms with van der Waals surface area (Å²) in [5.74, 6) is 1.88. The Morgan fingerprint density at radius 1 is 1.20 bits per heavy atom. The summed E-state index contributed by atoms with van der Waals surface area (Å²) in [6.45, 7) is 2.03. The van der Waals surface area contributed by atoms with Crippen molar-refractivity contribution < 1.29 is 0 Å². The topological polar surface area (TPSA) is 55.6 Å². The fourth-order valence-corrected chi connectivity index (χ4v) is 2.42. The van der Waals surface area contributed by atoms with Crippen LogP contribution in [-0.2, 0) is 13.5 Å². The molecule has 2 heterocycles. The predicted octanol–water partition coefficient (Wildman–Crippen LogP) is 2.30. The Hall–Kier alpha value is -2.43. The van der Waals surface area contributed by atoms with E-state index < -0.39 is 0 Å². The van der Waals surface area contributed by atoms with Gasteiger partial charge in [-0.1, -0.05) is 12.1 Å². The second-order valence-electron chi connectivity index (χ2n) is 4.80. The second-order valence-corrected chi connectivity index (χ2v) is 4.80. The molecule has 0 radical (unpaired) electrons. The highest BCUT2D eigenvalue weighted by molar-refractivity contribution is 5.75. The van der Waals surface area contributed by atoms with Gasteiger partial charge in [0.05, 0.1) is 16.7 Å². The molecule has 0 unspecified atom stereocenters. The monoisotopic (exact) mass is 267 g/mol. The molecule has 0 aliphatic rings. The zero-order chi connectivity index (χ0) is 14.1. The van der Waals surface area contributed by atoms with Crippen molar-refractivity contribution in [2.45, 2.75) is 13.3 Å². The van der Waals surface area contributed by atoms with Gasteiger partial charge in [0.1, 0.15) is 18.0 Å². The van der Waals surface area contributed by atoms with E-state index in [9.17, 15) is 0 Å². The molecular weight excluding hydrogens is 250 g/mol. The Labute approximate surface area is 117 Å². The first kappa shape index (κ1) is 12.6. The number of nitrogens with zero attached hydrogens (tertiary/aromatic N) is 4. The third-order valence-corrected chi connectivity index (χ3v) is 3.63. The number of rotatable bonds is 3. The minimum Gasteiger partial charge on any atom is -0.373 e. The molecule has 2 aromatic heterocycles. The van der Waals surface area contributed by atoms with Crippen LogP contribution in [0.15, 0.2) is 30.6 Å². The molecule has 0 aliphatic heterocycles. The summed E-state index contributed by atoms with van der Waals surface area (Å²) in [6, 6.07) is 8.15. The lowest BCUT2D eigenvalue weighted by Gasteiger charge is -2.08. The standard InChI is InChI=1S/C15H17N5/c1-10-12(17-9-18-15(10)16-2)8-14-19-11-6-4-5-7-13(11)20(14)3/h4-7,9H,8H2,1-3H3,(H,16,17,18). The summed E-state index contributed by atoms with van der Waals surface area (Å²) < 4.78 is 2.12. The molecule has 0 amide bonds. The fraction of sp³-hybridized carbons (Fsp3) is 0.267. The van der Waals surface area contributed by atoms with Gasteiger partial charge in [0.2, 0.25) is 0 Å². The highest BCUT2D eigenvalue weighted by Gasteiger charge is 2.12. The van der Waals surface area contributed by atoms with Gasteiger partial charge in [-0.15, -0.1) is 0 Å². The zero-order valence-electron chi connectivity index (χ0n) is 11.9. The van der Waals surface area contributed by atoms with Crippen molar-refractivity contribution >= 4 is 16.9 Å². The minimum atomic E-state index is 0.703. The highest BCUT2D eigenvalue weighted by atomic mass is 15.1. The van der Waals surface area contributed by atoms with Gasteiger partial charge in [-0.05, 0) is 19.1 Å². The largest absolute Gasteiger partial charge is 0.373 e. The molecule has 20 heavy (non-hydrogen) atoms. The Balaban J connectivity index is 2.03. The summed E-state index contributed by atoms with van der Waals surface area (Å²) in [4.78, 5) is 13.3. The van der Waals surface area contributed by atoms with Crippen molar-refractivity contribution in [3.05, 3.63) is 47.7 Å². The third kappa shape index (κ3) is 2.01. The highest BCUT2D eigenvalue weighted by Crippen LogP contribution is 2.19. The molecule has 102 valence electrons. The SMILES string of the molecule is CNc1ncnc(Cc2nc3ccccc3n2C)c1C. The number of hydrogen-bond acceptors (Lipinski definition) is 4. The van der Waals surface area contributed by atoms with Crippen LogP contribution in [0.1, 0.15) is 17.1 Å². The minimum absolute atomic E-state index is 0.703. The molecule has 1 N–H and O–H groups in total. The maximum Gasteiger partial charge on any atom is 0.132 e. The van der Waals surface area contributed by atoms with Crippen LogP contribution in [0.3, 0.4) is 0 Å². The molecule has 0 fully saturated rings. The van der Waals surface area contributed by atoms with Crippen molar-refractivity contribution in [2.24, 2.45) is 7.05 Å². The number of anilines is 1. The first-order chi connectivity index (χ1) is 9.70. The molecule has 3 aromatic rings. The first-order valence-corrected chi connectivity index (χ1v) is 6.59. The number of para-hydroxylation sites is 2. The van der Waals surface area contributed by atoms with E-state index in [1.165, 1.54) is 0 Å². The number of benzene rings is 1. The van der Waals surface area contributed by atoms with Gasteiger partial charge < -0.3 is 9.88 Å². The molecule has 1 aromatic carbocycles. The Morgan fingerprint density at radius 3 is 2.75 bits per heavy atom. The molecule has 0 saturated heterocycles. The smallest absolute Gasteiger partial charge is 0.132 e. The number of aromatic nitrogens is 4. The number of fused-ring (bicyclic) bond motifs is 1. The second kappa shape index (κ2) is 4.92. The van der Waals surface area contributed by atoms with Crippen molar-refractivity contribution in [3.8, 4) is 0 Å². The van der Waals surface area contributed by atoms with Crippen molar-refractivity contribution in [1.29, 1.82) is 0 Å². The van der Waals surface area contributed by atoms with Gasteiger partial charge in [0.15, 0.2) is 0 Å². The lowest BCUT2D eigenvalue weighted by atomic mass is 10.1. The van der Waals surface area contributed by atoms with Crippen LogP contribution in [0.25, 0.3) is 11.0 Å². The van der Waals surface area contributed by atoms with E-state index in [4.69, 9.17) is 0 Å². The van der Waals surface area contributed by atoms with E-state index >= 15 is 0 Å². The van der Waals surface area contributed by atoms with Crippen molar-refractivity contribution in [2.75, 3.05) is 12.4 Å². The summed E-state index contributed by atoms with van der Waals surface area (Å²) in [5, 5.41) is 3.08. The Morgan fingerprint density at radius 2 is 2.00 bits per heavy atom. The normalized spacial score (nSPS) is 10.9. The molecule has 0 aliphatic carbocycles. The Bertz CT molecular complexity index is 760. The summed E-state index contributed by atoms with van der Waals surface area (Å²) in [5.41, 5.74) is 4.23. The van der Waals surface area contributed by atoms with E-state index in [0.717, 1.165) is 33.9 Å². The van der Waals surface area contributed by atoms with E-state index in [2.05, 4.69) is 30.9 Å². The van der Waals surface area contributed by atoms with Gasteiger partial charge >= 0.3 is 0 Å². The van der Waals surface area contributed by atoms with Crippen molar-refractivity contribution in [3.63, 3.8) is 0 Å². The fourth-order valence-electron chi connectivity index (χ4n) is 2.42. The average molecular weight is 267 g/mol. The Kier molecular flexibility index (Phi) is 3.10. The molecule has 5 nitrogen and oxygen atoms in total. The van der Waals surface area contributed by atoms with Gasteiger partial charge in [0, 0.05) is 26.1 Å². The maximum atomic E-state index is 4.69. The molecule has 0 bridgehead atoms. The summed E-state index contributed by atoms with van der Waals surface area (Å²) in [7, 11) is 3.91. The number of imidazole rings is 1. The quantitative estimate of drug-likeness (QED) is 0.791. The van der Waals surface area contributed by atoms with Gasteiger partial charge in [-0.3, -0.25) is 0 Å². The molecule has 3 rings (SSSR count). The van der Waals surface area contributed by atoms with E-state index in [1.54, 1.807) is 6.33 Å². The third-order valence-electron chi connectivity index (χ3n) is 3.63. The van der Waals surface area contributed by atoms with Crippen LogP contribution in [0.2, 0.25) is 0 Å². The molecule has 0 spiro atoms. The molecule has 0 atom stereocenters. The van der Waals surface area contributed by atoms with Crippen LogP contribution in [0.5, 0.6) is 0 Å². The molecule has 0 saturated carbocycles. The molecular formula is C15H17N5. The van der Waals surface area contributed by atoms with Crippen molar-refractivity contribution in [1.82, 2.24) is 19.5 Å². The number of hydrogen-bond donors (Lipinski definition) is 1. The van der Waals surface area contributed by atoms with E-state index in [0.29, 0.717) is 6.42 Å². The average Bonchev–Trinajstić information content (AvgIpc) is 2.78. The van der Waals surface area contributed by atoms with Gasteiger partial charge in [0.25, 0.3) is 0 Å². The van der Waals surface area contributed by atoms with Gasteiger partial charge in [-0.25, -0.2) is 15.0 Å². The number of nitrogens with one attached hydrogen (secondary N) is 1. The first-order valence-electron chi connectivity index (χ1n) is 6.59. The van der Waals surface area contributed by atoms with Crippen LogP contribution in [-0.4, -0.2) is 26.6 Å².